The van der Waals surface area contributed by atoms with Crippen molar-refractivity contribution >= 4 is 11.6 Å². The number of carbonyl (C=O) groups is 1. The molecule has 1 unspecified atom stereocenters. The van der Waals surface area contributed by atoms with E-state index in [0.717, 1.165) is 47.8 Å². The van der Waals surface area contributed by atoms with Gasteiger partial charge >= 0.3 is 0 Å². The minimum absolute atomic E-state index is 0.0568. The van der Waals surface area contributed by atoms with E-state index >= 15 is 0 Å². The number of hydrogen-bond acceptors (Lipinski definition) is 3. The number of rotatable bonds is 5. The van der Waals surface area contributed by atoms with Gasteiger partial charge in [0.2, 0.25) is 0 Å². The van der Waals surface area contributed by atoms with E-state index in [2.05, 4.69) is 11.4 Å². The number of hydrogen-bond donors (Lipinski definition) is 2. The fourth-order valence-electron chi connectivity index (χ4n) is 3.60. The Morgan fingerprint density at radius 2 is 1.69 bits per heavy atom. The number of methoxy groups -OCH3 is 2. The largest absolute Gasteiger partial charge is 0.493 e. The summed E-state index contributed by atoms with van der Waals surface area (Å²) in [5.74, 6) is 1.57. The standard InChI is InChI=1S/C21H26N2O3/c1-14-6-5-7-15(2)21(14)22-20(24)13-23-9-8-16-10-18(25-3)19(26-4)11-17(16)12-23/h5-7,10-11H,8-9,12-13H2,1-4H3,(H,22,24)/p+1. The van der Waals surface area contributed by atoms with E-state index in [4.69, 9.17) is 9.47 Å². The molecule has 26 heavy (non-hydrogen) atoms. The number of carbonyl (C=O) groups excluding carboxylic acids is 1. The summed E-state index contributed by atoms with van der Waals surface area (Å²) >= 11 is 0. The number of anilines is 1. The van der Waals surface area contributed by atoms with E-state index in [1.807, 2.05) is 38.1 Å². The van der Waals surface area contributed by atoms with Crippen LogP contribution >= 0.6 is 0 Å². The topological polar surface area (TPSA) is 52.0 Å². The normalized spacial score (nSPS) is 15.9. The van der Waals surface area contributed by atoms with Gasteiger partial charge in [0.25, 0.3) is 5.91 Å². The number of fused-ring (bicyclic) bond motifs is 1. The summed E-state index contributed by atoms with van der Waals surface area (Å²) in [7, 11) is 3.30. The molecule has 1 amide bonds. The lowest BCUT2D eigenvalue weighted by molar-refractivity contribution is -0.907. The second-order valence-electron chi connectivity index (χ2n) is 6.89. The zero-order valence-electron chi connectivity index (χ0n) is 15.9. The third-order valence-electron chi connectivity index (χ3n) is 5.05. The SMILES string of the molecule is COc1cc2c(cc1OC)C[NH+](CC(=O)Nc1c(C)cccc1C)CC2. The molecule has 1 heterocycles. The summed E-state index contributed by atoms with van der Waals surface area (Å²) in [6.07, 6.45) is 0.932. The Morgan fingerprint density at radius 1 is 1.08 bits per heavy atom. The van der Waals surface area contributed by atoms with Gasteiger partial charge in [0.15, 0.2) is 18.0 Å². The molecule has 0 aromatic heterocycles. The number of aryl methyl sites for hydroxylation is 2. The average Bonchev–Trinajstić information content (AvgIpc) is 2.63. The zero-order chi connectivity index (χ0) is 18.7. The number of ether oxygens (including phenoxy) is 2. The van der Waals surface area contributed by atoms with Gasteiger partial charge < -0.3 is 19.7 Å². The van der Waals surface area contributed by atoms with Crippen LogP contribution in [0.15, 0.2) is 30.3 Å². The third-order valence-corrected chi connectivity index (χ3v) is 5.05. The minimum atomic E-state index is 0.0568. The molecule has 1 atom stereocenters. The van der Waals surface area contributed by atoms with E-state index in [9.17, 15) is 4.79 Å². The fraction of sp³-hybridized carbons (Fsp3) is 0.381. The quantitative estimate of drug-likeness (QED) is 0.861. The van der Waals surface area contributed by atoms with Crippen LogP contribution in [0.3, 0.4) is 0 Å². The van der Waals surface area contributed by atoms with E-state index in [0.29, 0.717) is 6.54 Å². The highest BCUT2D eigenvalue weighted by Crippen LogP contribution is 2.31. The lowest BCUT2D eigenvalue weighted by Gasteiger charge is -2.26. The Bertz CT molecular complexity index is 797. The second kappa shape index (κ2) is 7.79. The van der Waals surface area contributed by atoms with E-state index in [1.54, 1.807) is 14.2 Å². The van der Waals surface area contributed by atoms with Gasteiger partial charge in [-0.1, -0.05) is 18.2 Å². The van der Waals surface area contributed by atoms with Gasteiger partial charge in [-0.3, -0.25) is 4.79 Å². The Hall–Kier alpha value is -2.53. The Balaban J connectivity index is 1.68. The molecule has 5 nitrogen and oxygen atoms in total. The predicted octanol–water partition coefficient (Wildman–Crippen LogP) is 1.90. The van der Waals surface area contributed by atoms with Gasteiger partial charge in [-0.2, -0.15) is 0 Å². The van der Waals surface area contributed by atoms with Crippen molar-refractivity contribution in [3.63, 3.8) is 0 Å². The molecule has 0 spiro atoms. The minimum Gasteiger partial charge on any atom is -0.493 e. The molecular formula is C21H27N2O3+. The van der Waals surface area contributed by atoms with Crippen LogP contribution in [0.2, 0.25) is 0 Å². The summed E-state index contributed by atoms with van der Waals surface area (Å²) in [4.78, 5) is 13.8. The van der Waals surface area contributed by atoms with Crippen LogP contribution in [0.5, 0.6) is 11.5 Å². The molecule has 0 radical (unpaired) electrons. The smallest absolute Gasteiger partial charge is 0.279 e. The van der Waals surface area contributed by atoms with Gasteiger partial charge in [0.05, 0.1) is 20.8 Å². The van der Waals surface area contributed by atoms with Gasteiger partial charge in [-0.15, -0.1) is 0 Å². The molecule has 0 aliphatic carbocycles. The van der Waals surface area contributed by atoms with Crippen LogP contribution in [0.4, 0.5) is 5.69 Å². The van der Waals surface area contributed by atoms with Crippen molar-refractivity contribution in [3.8, 4) is 11.5 Å². The van der Waals surface area contributed by atoms with Crippen LogP contribution in [0.1, 0.15) is 22.3 Å². The summed E-state index contributed by atoms with van der Waals surface area (Å²) in [5, 5.41) is 3.09. The first-order chi connectivity index (χ1) is 12.5. The third kappa shape index (κ3) is 3.83. The molecule has 0 saturated carbocycles. The number of para-hydroxylation sites is 1. The number of nitrogens with one attached hydrogen (secondary N) is 2. The summed E-state index contributed by atoms with van der Waals surface area (Å²) < 4.78 is 10.8. The second-order valence-corrected chi connectivity index (χ2v) is 6.89. The lowest BCUT2D eigenvalue weighted by atomic mass is 9.99. The van der Waals surface area contributed by atoms with Crippen molar-refractivity contribution in [2.75, 3.05) is 32.6 Å². The maximum atomic E-state index is 12.5. The van der Waals surface area contributed by atoms with Crippen molar-refractivity contribution in [3.05, 3.63) is 52.6 Å². The number of quaternary nitrogens is 1. The fourth-order valence-corrected chi connectivity index (χ4v) is 3.60. The van der Waals surface area contributed by atoms with Crippen molar-refractivity contribution in [2.45, 2.75) is 26.8 Å². The molecule has 1 aliphatic rings. The predicted molar refractivity (Wildman–Crippen MR) is 102 cm³/mol. The molecule has 0 fully saturated rings. The molecule has 3 rings (SSSR count). The molecule has 2 aromatic rings. The Morgan fingerprint density at radius 3 is 2.31 bits per heavy atom. The number of amides is 1. The first-order valence-corrected chi connectivity index (χ1v) is 8.95. The van der Waals surface area contributed by atoms with Crippen LogP contribution in [-0.4, -0.2) is 33.2 Å². The van der Waals surface area contributed by atoms with E-state index < -0.39 is 0 Å². The highest BCUT2D eigenvalue weighted by Gasteiger charge is 2.24. The van der Waals surface area contributed by atoms with Crippen LogP contribution in [0, 0.1) is 13.8 Å². The van der Waals surface area contributed by atoms with Crippen molar-refractivity contribution in [1.29, 1.82) is 0 Å². The average molecular weight is 355 g/mol. The first-order valence-electron chi connectivity index (χ1n) is 8.95. The zero-order valence-corrected chi connectivity index (χ0v) is 15.9. The molecule has 0 saturated heterocycles. The van der Waals surface area contributed by atoms with Crippen molar-refractivity contribution < 1.29 is 19.2 Å². The number of benzene rings is 2. The molecule has 2 N–H and O–H groups in total. The van der Waals surface area contributed by atoms with E-state index in [1.165, 1.54) is 16.0 Å². The molecule has 138 valence electrons. The summed E-state index contributed by atoms with van der Waals surface area (Å²) in [6.45, 7) is 6.25. The van der Waals surface area contributed by atoms with Crippen molar-refractivity contribution in [1.82, 2.24) is 0 Å². The van der Waals surface area contributed by atoms with Crippen LogP contribution in [-0.2, 0) is 17.8 Å². The molecule has 1 aliphatic heterocycles. The van der Waals surface area contributed by atoms with Crippen LogP contribution in [0.25, 0.3) is 0 Å². The highest BCUT2D eigenvalue weighted by atomic mass is 16.5. The summed E-state index contributed by atoms with van der Waals surface area (Å²) in [6, 6.07) is 10.1. The Labute approximate surface area is 154 Å². The maximum absolute atomic E-state index is 12.5. The molecule has 0 bridgehead atoms. The molecular weight excluding hydrogens is 328 g/mol. The first kappa shape index (κ1) is 18.3. The Kier molecular flexibility index (Phi) is 5.47. The van der Waals surface area contributed by atoms with Gasteiger partial charge in [-0.05, 0) is 42.7 Å². The monoisotopic (exact) mass is 355 g/mol. The van der Waals surface area contributed by atoms with Crippen LogP contribution < -0.4 is 19.7 Å². The molecule has 2 aromatic carbocycles. The van der Waals surface area contributed by atoms with Crippen molar-refractivity contribution in [2.24, 2.45) is 0 Å². The lowest BCUT2D eigenvalue weighted by Crippen LogP contribution is -3.12. The maximum Gasteiger partial charge on any atom is 0.279 e. The van der Waals surface area contributed by atoms with Gasteiger partial charge in [0, 0.05) is 17.7 Å². The van der Waals surface area contributed by atoms with Gasteiger partial charge in [0.1, 0.15) is 6.54 Å². The van der Waals surface area contributed by atoms with E-state index in [-0.39, 0.29) is 5.91 Å². The summed E-state index contributed by atoms with van der Waals surface area (Å²) in [5.41, 5.74) is 5.62. The molecule has 5 heteroatoms. The van der Waals surface area contributed by atoms with Gasteiger partial charge in [-0.25, -0.2) is 0 Å². The highest BCUT2D eigenvalue weighted by molar-refractivity contribution is 5.93.